The van der Waals surface area contributed by atoms with Gasteiger partial charge >= 0.3 is 0 Å². The van der Waals surface area contributed by atoms with E-state index in [4.69, 9.17) is 13.7 Å². The van der Waals surface area contributed by atoms with Gasteiger partial charge in [0.2, 0.25) is 5.89 Å². The van der Waals surface area contributed by atoms with Crippen LogP contribution in [0.4, 0.5) is 0 Å². The summed E-state index contributed by atoms with van der Waals surface area (Å²) in [5, 5.41) is 4.01. The van der Waals surface area contributed by atoms with Crippen molar-refractivity contribution < 1.29 is 13.7 Å². The topological polar surface area (TPSA) is 87.1 Å². The van der Waals surface area contributed by atoms with E-state index < -0.39 is 0 Å². The maximum absolute atomic E-state index is 5.79. The van der Waals surface area contributed by atoms with E-state index in [1.807, 2.05) is 49.4 Å². The number of benzene rings is 1. The summed E-state index contributed by atoms with van der Waals surface area (Å²) in [4.78, 5) is 13.2. The molecule has 0 fully saturated rings. The fourth-order valence-electron chi connectivity index (χ4n) is 2.52. The maximum Gasteiger partial charge on any atom is 0.276 e. The minimum atomic E-state index is 0.386. The number of pyridine rings is 1. The van der Waals surface area contributed by atoms with Crippen LogP contribution in [0.2, 0.25) is 0 Å². The molecule has 0 saturated carbocycles. The van der Waals surface area contributed by atoms with Crippen molar-refractivity contribution in [3.05, 3.63) is 65.9 Å². The highest BCUT2D eigenvalue weighted by molar-refractivity contribution is 5.55. The summed E-state index contributed by atoms with van der Waals surface area (Å²) < 4.78 is 16.2. The summed E-state index contributed by atoms with van der Waals surface area (Å²) in [7, 11) is 1.63. The van der Waals surface area contributed by atoms with E-state index in [-0.39, 0.29) is 0 Å². The highest BCUT2D eigenvalue weighted by Crippen LogP contribution is 2.25. The van der Waals surface area contributed by atoms with Crippen LogP contribution in [0.3, 0.4) is 0 Å². The number of aromatic nitrogens is 4. The van der Waals surface area contributed by atoms with Crippen molar-refractivity contribution in [1.82, 2.24) is 20.1 Å². The molecular weight excluding hydrogens is 332 g/mol. The number of hydrogen-bond donors (Lipinski definition) is 0. The Morgan fingerprint density at radius 2 is 1.85 bits per heavy atom. The summed E-state index contributed by atoms with van der Waals surface area (Å²) in [5.74, 6) is 2.97. The van der Waals surface area contributed by atoms with Gasteiger partial charge in [-0.2, -0.15) is 4.98 Å². The molecule has 7 nitrogen and oxygen atoms in total. The zero-order valence-electron chi connectivity index (χ0n) is 14.3. The average molecular weight is 348 g/mol. The molecule has 4 rings (SSSR count). The Labute approximate surface area is 149 Å². The molecule has 130 valence electrons. The molecule has 4 aromatic rings. The molecule has 0 radical (unpaired) electrons. The number of ether oxygens (including phenoxy) is 1. The standard InChI is InChI=1S/C19H16N4O3/c1-12-16(21-18(25-12)13-6-8-14(24-2)9-7-13)11-17-22-19(26-23-17)15-5-3-4-10-20-15/h3-10H,11H2,1-2H3. The molecular formula is C19H16N4O3. The third-order valence-electron chi connectivity index (χ3n) is 3.91. The summed E-state index contributed by atoms with van der Waals surface area (Å²) in [6.45, 7) is 1.87. The lowest BCUT2D eigenvalue weighted by molar-refractivity contribution is 0.415. The summed E-state index contributed by atoms with van der Waals surface area (Å²) in [6, 6.07) is 13.1. The van der Waals surface area contributed by atoms with Crippen LogP contribution in [-0.4, -0.2) is 27.2 Å². The van der Waals surface area contributed by atoms with Crippen LogP contribution in [0.5, 0.6) is 5.75 Å². The lowest BCUT2D eigenvalue weighted by Gasteiger charge is -1.99. The van der Waals surface area contributed by atoms with Gasteiger partial charge in [0.1, 0.15) is 17.2 Å². The van der Waals surface area contributed by atoms with Gasteiger partial charge in [-0.25, -0.2) is 4.98 Å². The molecule has 0 bridgehead atoms. The number of nitrogens with zero attached hydrogens (tertiary/aromatic N) is 4. The molecule has 7 heteroatoms. The normalized spacial score (nSPS) is 10.8. The molecule has 0 unspecified atom stereocenters. The number of hydrogen-bond acceptors (Lipinski definition) is 7. The first-order valence-corrected chi connectivity index (χ1v) is 8.07. The zero-order valence-corrected chi connectivity index (χ0v) is 14.3. The van der Waals surface area contributed by atoms with E-state index in [0.717, 1.165) is 22.8 Å². The van der Waals surface area contributed by atoms with Crippen LogP contribution in [0.15, 0.2) is 57.6 Å². The molecule has 0 spiro atoms. The van der Waals surface area contributed by atoms with Gasteiger partial charge in [-0.05, 0) is 43.3 Å². The molecule has 0 N–H and O–H groups in total. The van der Waals surface area contributed by atoms with Gasteiger partial charge in [-0.1, -0.05) is 11.2 Å². The number of aryl methyl sites for hydroxylation is 1. The van der Waals surface area contributed by atoms with E-state index in [9.17, 15) is 0 Å². The van der Waals surface area contributed by atoms with Crippen LogP contribution in [0.1, 0.15) is 17.3 Å². The maximum atomic E-state index is 5.79. The minimum Gasteiger partial charge on any atom is -0.497 e. The van der Waals surface area contributed by atoms with Crippen molar-refractivity contribution in [2.24, 2.45) is 0 Å². The molecule has 0 aliphatic carbocycles. The van der Waals surface area contributed by atoms with E-state index in [0.29, 0.717) is 29.7 Å². The molecule has 0 atom stereocenters. The van der Waals surface area contributed by atoms with Crippen LogP contribution >= 0.6 is 0 Å². The van der Waals surface area contributed by atoms with Crippen LogP contribution < -0.4 is 4.74 Å². The monoisotopic (exact) mass is 348 g/mol. The fraction of sp³-hybridized carbons (Fsp3) is 0.158. The van der Waals surface area contributed by atoms with Crippen molar-refractivity contribution in [3.8, 4) is 28.8 Å². The predicted octanol–water partition coefficient (Wildman–Crippen LogP) is 3.69. The third-order valence-corrected chi connectivity index (χ3v) is 3.91. The molecule has 3 heterocycles. The van der Waals surface area contributed by atoms with Gasteiger partial charge < -0.3 is 13.7 Å². The lowest BCUT2D eigenvalue weighted by Crippen LogP contribution is -1.93. The third kappa shape index (κ3) is 3.19. The number of oxazole rings is 1. The predicted molar refractivity (Wildman–Crippen MR) is 93.6 cm³/mol. The van der Waals surface area contributed by atoms with Gasteiger partial charge in [-0.3, -0.25) is 4.98 Å². The lowest BCUT2D eigenvalue weighted by atomic mass is 10.2. The van der Waals surface area contributed by atoms with Crippen LogP contribution in [0.25, 0.3) is 23.0 Å². The van der Waals surface area contributed by atoms with Crippen LogP contribution in [-0.2, 0) is 6.42 Å². The largest absolute Gasteiger partial charge is 0.497 e. The van der Waals surface area contributed by atoms with Crippen molar-refractivity contribution in [2.45, 2.75) is 13.3 Å². The summed E-state index contributed by atoms with van der Waals surface area (Å²) in [6.07, 6.45) is 2.10. The first-order valence-electron chi connectivity index (χ1n) is 8.07. The van der Waals surface area contributed by atoms with E-state index in [1.165, 1.54) is 0 Å². The second kappa shape index (κ2) is 6.79. The second-order valence-electron chi connectivity index (χ2n) is 5.66. The van der Waals surface area contributed by atoms with Crippen molar-refractivity contribution in [2.75, 3.05) is 7.11 Å². The zero-order chi connectivity index (χ0) is 17.9. The smallest absolute Gasteiger partial charge is 0.276 e. The first-order chi connectivity index (χ1) is 12.7. The average Bonchev–Trinajstić information content (AvgIpc) is 3.30. The van der Waals surface area contributed by atoms with E-state index >= 15 is 0 Å². The van der Waals surface area contributed by atoms with Gasteiger partial charge in [0.05, 0.1) is 19.2 Å². The van der Waals surface area contributed by atoms with Gasteiger partial charge in [-0.15, -0.1) is 0 Å². The molecule has 0 aliphatic rings. The molecule has 1 aromatic carbocycles. The molecule has 0 amide bonds. The molecule has 0 aliphatic heterocycles. The SMILES string of the molecule is COc1ccc(-c2nc(Cc3noc(-c4ccccn4)n3)c(C)o2)cc1. The molecule has 3 aromatic heterocycles. The van der Waals surface area contributed by atoms with Crippen molar-refractivity contribution >= 4 is 0 Å². The number of rotatable bonds is 5. The Bertz CT molecular complexity index is 1010. The fourth-order valence-corrected chi connectivity index (χ4v) is 2.52. The Hall–Kier alpha value is -3.48. The van der Waals surface area contributed by atoms with Gasteiger partial charge in [0.15, 0.2) is 5.82 Å². The van der Waals surface area contributed by atoms with Gasteiger partial charge in [0, 0.05) is 11.8 Å². The Balaban J connectivity index is 1.55. The Morgan fingerprint density at radius 3 is 2.58 bits per heavy atom. The van der Waals surface area contributed by atoms with Gasteiger partial charge in [0.25, 0.3) is 5.89 Å². The summed E-state index contributed by atoms with van der Waals surface area (Å²) in [5.41, 5.74) is 2.29. The molecule has 26 heavy (non-hydrogen) atoms. The van der Waals surface area contributed by atoms with E-state index in [2.05, 4.69) is 20.1 Å². The highest BCUT2D eigenvalue weighted by atomic mass is 16.5. The van der Waals surface area contributed by atoms with Crippen LogP contribution in [0, 0.1) is 6.92 Å². The Kier molecular flexibility index (Phi) is 4.18. The number of methoxy groups -OCH3 is 1. The second-order valence-corrected chi connectivity index (χ2v) is 5.66. The van der Waals surface area contributed by atoms with Crippen molar-refractivity contribution in [3.63, 3.8) is 0 Å². The summed E-state index contributed by atoms with van der Waals surface area (Å²) >= 11 is 0. The Morgan fingerprint density at radius 1 is 1.00 bits per heavy atom. The molecule has 0 saturated heterocycles. The van der Waals surface area contributed by atoms with E-state index in [1.54, 1.807) is 13.3 Å². The first kappa shape index (κ1) is 16.0. The quantitative estimate of drug-likeness (QED) is 0.543. The minimum absolute atomic E-state index is 0.386. The van der Waals surface area contributed by atoms with Crippen molar-refractivity contribution in [1.29, 1.82) is 0 Å². The highest BCUT2D eigenvalue weighted by Gasteiger charge is 2.16.